The minimum atomic E-state index is 0.474. The van der Waals surface area contributed by atoms with E-state index in [0.29, 0.717) is 6.54 Å². The summed E-state index contributed by atoms with van der Waals surface area (Å²) >= 11 is 0. The van der Waals surface area contributed by atoms with Gasteiger partial charge in [0.1, 0.15) is 5.82 Å². The molecule has 3 N–H and O–H groups in total. The molecule has 0 bridgehead atoms. The number of hydrogen-bond acceptors (Lipinski definition) is 4. The van der Waals surface area contributed by atoms with Gasteiger partial charge in [0.05, 0.1) is 12.8 Å². The van der Waals surface area contributed by atoms with Gasteiger partial charge in [0, 0.05) is 6.20 Å². The molecule has 54 valence electrons. The van der Waals surface area contributed by atoms with Crippen molar-refractivity contribution in [3.8, 4) is 0 Å². The van der Waals surface area contributed by atoms with Crippen LogP contribution < -0.4 is 5.32 Å². The van der Waals surface area contributed by atoms with Gasteiger partial charge >= 0.3 is 0 Å². The molecule has 0 amide bonds. The summed E-state index contributed by atoms with van der Waals surface area (Å²) < 4.78 is 0. The lowest BCUT2D eigenvalue weighted by atomic mass is 10.6. The standard InChI is InChI=1S/C5H8N4O/c10-8-4-3-6-5-1-2-7-9-5/h1-2,4,10H,3H2,(H2,6,7,9). The molecular weight excluding hydrogens is 132 g/mol. The van der Waals surface area contributed by atoms with Crippen LogP contribution in [0.25, 0.3) is 0 Å². The first-order chi connectivity index (χ1) is 4.93. The van der Waals surface area contributed by atoms with Crippen LogP contribution in [0, 0.1) is 0 Å². The zero-order valence-corrected chi connectivity index (χ0v) is 5.28. The number of nitrogens with zero attached hydrogens (tertiary/aromatic N) is 2. The molecule has 0 radical (unpaired) electrons. The first-order valence-electron chi connectivity index (χ1n) is 2.83. The van der Waals surface area contributed by atoms with Gasteiger partial charge in [-0.3, -0.25) is 5.10 Å². The van der Waals surface area contributed by atoms with Crippen LogP contribution in [0.15, 0.2) is 17.4 Å². The second-order valence-electron chi connectivity index (χ2n) is 1.64. The van der Waals surface area contributed by atoms with Gasteiger partial charge in [0.2, 0.25) is 0 Å². The van der Waals surface area contributed by atoms with Gasteiger partial charge in [-0.15, -0.1) is 5.16 Å². The molecule has 0 saturated heterocycles. The van der Waals surface area contributed by atoms with Crippen LogP contribution in [0.3, 0.4) is 0 Å². The van der Waals surface area contributed by atoms with Crippen molar-refractivity contribution in [1.82, 2.24) is 10.2 Å². The zero-order valence-electron chi connectivity index (χ0n) is 5.28. The summed E-state index contributed by atoms with van der Waals surface area (Å²) in [6.45, 7) is 0.474. The van der Waals surface area contributed by atoms with E-state index in [-0.39, 0.29) is 0 Å². The van der Waals surface area contributed by atoms with Gasteiger partial charge < -0.3 is 10.5 Å². The maximum absolute atomic E-state index is 8.00. The molecule has 0 aromatic carbocycles. The molecule has 0 spiro atoms. The largest absolute Gasteiger partial charge is 0.411 e. The molecule has 5 heteroatoms. The van der Waals surface area contributed by atoms with E-state index in [1.54, 1.807) is 12.3 Å². The molecule has 1 aromatic rings. The Morgan fingerprint density at radius 2 is 2.80 bits per heavy atom. The first-order valence-corrected chi connectivity index (χ1v) is 2.83. The predicted molar refractivity (Wildman–Crippen MR) is 37.4 cm³/mol. The summed E-state index contributed by atoms with van der Waals surface area (Å²) in [5.74, 6) is 0.736. The summed E-state index contributed by atoms with van der Waals surface area (Å²) in [5, 5.41) is 20.1. The summed E-state index contributed by atoms with van der Waals surface area (Å²) in [6, 6.07) is 1.78. The third kappa shape index (κ3) is 1.77. The monoisotopic (exact) mass is 140 g/mol. The van der Waals surface area contributed by atoms with Crippen LogP contribution >= 0.6 is 0 Å². The highest BCUT2D eigenvalue weighted by atomic mass is 16.4. The fourth-order valence-electron chi connectivity index (χ4n) is 0.550. The van der Waals surface area contributed by atoms with E-state index >= 15 is 0 Å². The SMILES string of the molecule is ON=CCNc1cc[nH]n1. The molecule has 0 saturated carbocycles. The first kappa shape index (κ1) is 6.60. The van der Waals surface area contributed by atoms with Gasteiger partial charge in [0.25, 0.3) is 0 Å². The zero-order chi connectivity index (χ0) is 7.23. The van der Waals surface area contributed by atoms with Crippen molar-refractivity contribution >= 4 is 12.0 Å². The van der Waals surface area contributed by atoms with E-state index in [1.165, 1.54) is 6.21 Å². The fraction of sp³-hybridized carbons (Fsp3) is 0.200. The Balaban J connectivity index is 2.28. The van der Waals surface area contributed by atoms with Gasteiger partial charge in [-0.1, -0.05) is 0 Å². The second-order valence-corrected chi connectivity index (χ2v) is 1.64. The minimum Gasteiger partial charge on any atom is -0.411 e. The maximum Gasteiger partial charge on any atom is 0.148 e. The minimum absolute atomic E-state index is 0.474. The molecule has 0 unspecified atom stereocenters. The van der Waals surface area contributed by atoms with E-state index in [4.69, 9.17) is 5.21 Å². The predicted octanol–water partition coefficient (Wildman–Crippen LogP) is 0.282. The lowest BCUT2D eigenvalue weighted by molar-refractivity contribution is 0.321. The summed E-state index contributed by atoms with van der Waals surface area (Å²) in [6.07, 6.45) is 3.05. The topological polar surface area (TPSA) is 73.3 Å². The van der Waals surface area contributed by atoms with E-state index in [0.717, 1.165) is 5.82 Å². The molecule has 5 nitrogen and oxygen atoms in total. The highest BCUT2D eigenvalue weighted by Crippen LogP contribution is 1.95. The number of rotatable bonds is 3. The number of H-pyrrole nitrogens is 1. The van der Waals surface area contributed by atoms with Crippen LogP contribution in [-0.2, 0) is 0 Å². The van der Waals surface area contributed by atoms with Crippen LogP contribution in [0.2, 0.25) is 0 Å². The van der Waals surface area contributed by atoms with E-state index in [1.807, 2.05) is 0 Å². The number of aromatic amines is 1. The van der Waals surface area contributed by atoms with Gasteiger partial charge in [-0.2, -0.15) is 5.10 Å². The Morgan fingerprint density at radius 3 is 3.40 bits per heavy atom. The summed E-state index contributed by atoms with van der Waals surface area (Å²) in [5.41, 5.74) is 0. The number of nitrogens with one attached hydrogen (secondary N) is 2. The van der Waals surface area contributed by atoms with Crippen LogP contribution in [0.1, 0.15) is 0 Å². The van der Waals surface area contributed by atoms with Crippen molar-refractivity contribution in [2.24, 2.45) is 5.16 Å². The third-order valence-electron chi connectivity index (χ3n) is 0.957. The van der Waals surface area contributed by atoms with Gasteiger partial charge in [-0.05, 0) is 6.07 Å². The highest BCUT2D eigenvalue weighted by Gasteiger charge is 1.87. The molecular formula is C5H8N4O. The lowest BCUT2D eigenvalue weighted by Gasteiger charge is -1.92. The van der Waals surface area contributed by atoms with Crippen molar-refractivity contribution in [1.29, 1.82) is 0 Å². The molecule has 0 aliphatic rings. The average molecular weight is 140 g/mol. The number of hydrogen-bond donors (Lipinski definition) is 3. The molecule has 0 aliphatic heterocycles. The number of anilines is 1. The van der Waals surface area contributed by atoms with E-state index in [2.05, 4.69) is 20.7 Å². The molecule has 0 aliphatic carbocycles. The van der Waals surface area contributed by atoms with Crippen molar-refractivity contribution in [3.63, 3.8) is 0 Å². The van der Waals surface area contributed by atoms with Crippen molar-refractivity contribution in [3.05, 3.63) is 12.3 Å². The maximum atomic E-state index is 8.00. The van der Waals surface area contributed by atoms with Crippen molar-refractivity contribution in [2.45, 2.75) is 0 Å². The average Bonchev–Trinajstić information content (AvgIpc) is 2.41. The molecule has 0 fully saturated rings. The van der Waals surface area contributed by atoms with Crippen molar-refractivity contribution < 1.29 is 5.21 Å². The Hall–Kier alpha value is -1.52. The smallest absolute Gasteiger partial charge is 0.148 e. The summed E-state index contributed by atoms with van der Waals surface area (Å²) in [4.78, 5) is 0. The van der Waals surface area contributed by atoms with Crippen LogP contribution in [-0.4, -0.2) is 28.2 Å². The Kier molecular flexibility index (Phi) is 2.31. The quantitative estimate of drug-likeness (QED) is 0.321. The molecule has 1 aromatic heterocycles. The van der Waals surface area contributed by atoms with Gasteiger partial charge in [0.15, 0.2) is 0 Å². The fourth-order valence-corrected chi connectivity index (χ4v) is 0.550. The molecule has 10 heavy (non-hydrogen) atoms. The lowest BCUT2D eigenvalue weighted by Crippen LogP contribution is -2.02. The van der Waals surface area contributed by atoms with E-state index in [9.17, 15) is 0 Å². The van der Waals surface area contributed by atoms with Crippen molar-refractivity contribution in [2.75, 3.05) is 11.9 Å². The van der Waals surface area contributed by atoms with Gasteiger partial charge in [-0.25, -0.2) is 0 Å². The van der Waals surface area contributed by atoms with Crippen LogP contribution in [0.5, 0.6) is 0 Å². The summed E-state index contributed by atoms with van der Waals surface area (Å²) in [7, 11) is 0. The molecule has 1 heterocycles. The Labute approximate surface area is 57.8 Å². The normalized spacial score (nSPS) is 10.4. The Bertz CT molecular complexity index is 193. The molecule has 1 rings (SSSR count). The second kappa shape index (κ2) is 3.49. The highest BCUT2D eigenvalue weighted by molar-refractivity contribution is 5.62. The number of aromatic nitrogens is 2. The Morgan fingerprint density at radius 1 is 1.90 bits per heavy atom. The van der Waals surface area contributed by atoms with E-state index < -0.39 is 0 Å². The number of oxime groups is 1. The third-order valence-corrected chi connectivity index (χ3v) is 0.957. The van der Waals surface area contributed by atoms with Crippen LogP contribution in [0.4, 0.5) is 5.82 Å². The molecule has 0 atom stereocenters.